The summed E-state index contributed by atoms with van der Waals surface area (Å²) >= 11 is 4.20. The van der Waals surface area contributed by atoms with Crippen molar-refractivity contribution in [1.29, 1.82) is 0 Å². The first-order chi connectivity index (χ1) is 7.50. The van der Waals surface area contributed by atoms with Gasteiger partial charge in [0.1, 0.15) is 11.6 Å². The van der Waals surface area contributed by atoms with E-state index in [0.29, 0.717) is 10.2 Å². The summed E-state index contributed by atoms with van der Waals surface area (Å²) in [5, 5.41) is 0.00305. The molecule has 0 aliphatic carbocycles. The number of hydrogen-bond donors (Lipinski definition) is 0. The number of benzene rings is 1. The minimum Gasteiger partial charge on any atom is -0.288 e. The zero-order valence-corrected chi connectivity index (χ0v) is 10.9. The van der Waals surface area contributed by atoms with E-state index in [-0.39, 0.29) is 10.7 Å². The van der Waals surface area contributed by atoms with Crippen LogP contribution >= 0.6 is 27.7 Å². The lowest BCUT2D eigenvalue weighted by atomic mass is 10.2. The molecule has 1 aromatic rings. The van der Waals surface area contributed by atoms with Crippen molar-refractivity contribution in [2.24, 2.45) is 0 Å². The lowest BCUT2D eigenvalue weighted by Crippen LogP contribution is -1.88. The van der Waals surface area contributed by atoms with E-state index < -0.39 is 11.6 Å². The molecule has 0 bridgehead atoms. The summed E-state index contributed by atoms with van der Waals surface area (Å²) < 4.78 is 26.4. The van der Waals surface area contributed by atoms with Gasteiger partial charge in [-0.1, -0.05) is 23.9 Å². The van der Waals surface area contributed by atoms with Gasteiger partial charge in [0, 0.05) is 28.8 Å². The van der Waals surface area contributed by atoms with Crippen molar-refractivity contribution in [1.82, 2.24) is 0 Å². The molecule has 1 aromatic carbocycles. The van der Waals surface area contributed by atoms with Gasteiger partial charge in [0.15, 0.2) is 5.12 Å². The highest BCUT2D eigenvalue weighted by Crippen LogP contribution is 2.23. The van der Waals surface area contributed by atoms with E-state index in [0.717, 1.165) is 17.8 Å². The van der Waals surface area contributed by atoms with Gasteiger partial charge in [-0.3, -0.25) is 4.79 Å². The molecule has 0 aliphatic rings. The monoisotopic (exact) mass is 306 g/mol. The highest BCUT2D eigenvalue weighted by atomic mass is 79.9. The van der Waals surface area contributed by atoms with Crippen molar-refractivity contribution in [3.63, 3.8) is 0 Å². The summed E-state index contributed by atoms with van der Waals surface area (Å²) in [7, 11) is 0. The fraction of sp³-hybridized carbons (Fsp3) is 0.182. The van der Waals surface area contributed by atoms with Crippen LogP contribution in [0.1, 0.15) is 12.5 Å². The summed E-state index contributed by atoms with van der Waals surface area (Å²) in [4.78, 5) is 10.6. The second kappa shape index (κ2) is 6.15. The van der Waals surface area contributed by atoms with E-state index in [1.807, 2.05) is 0 Å². The quantitative estimate of drug-likeness (QED) is 0.839. The summed E-state index contributed by atoms with van der Waals surface area (Å²) in [6.45, 7) is 1.47. The molecule has 16 heavy (non-hydrogen) atoms. The van der Waals surface area contributed by atoms with Crippen LogP contribution in [-0.2, 0) is 4.79 Å². The van der Waals surface area contributed by atoms with Crippen molar-refractivity contribution >= 4 is 38.9 Å². The van der Waals surface area contributed by atoms with Crippen LogP contribution in [0, 0.1) is 11.6 Å². The van der Waals surface area contributed by atoms with Crippen LogP contribution in [0.25, 0.3) is 6.08 Å². The molecule has 86 valence electrons. The predicted octanol–water partition coefficient (Wildman–Crippen LogP) is 4.02. The Hall–Kier alpha value is -0.680. The minimum atomic E-state index is -0.629. The van der Waals surface area contributed by atoms with Crippen molar-refractivity contribution in [2.45, 2.75) is 6.92 Å². The van der Waals surface area contributed by atoms with E-state index in [1.54, 1.807) is 6.08 Å². The molecule has 0 heterocycles. The second-order valence-electron chi connectivity index (χ2n) is 2.99. The van der Waals surface area contributed by atoms with Gasteiger partial charge < -0.3 is 0 Å². The lowest BCUT2D eigenvalue weighted by Gasteiger charge is -2.00. The first-order valence-electron chi connectivity index (χ1n) is 4.45. The van der Waals surface area contributed by atoms with Crippen LogP contribution < -0.4 is 0 Å². The van der Waals surface area contributed by atoms with Gasteiger partial charge in [-0.2, -0.15) is 0 Å². The Bertz CT molecular complexity index is 409. The third-order valence-corrected chi connectivity index (χ3v) is 3.13. The standard InChI is InChI=1S/C11H9BrF2OS/c1-7(15)16-4-2-3-9-10(12)5-8(13)6-11(9)14/h2-3,5-6H,4H2,1H3. The smallest absolute Gasteiger partial charge is 0.186 e. The Morgan fingerprint density at radius 2 is 2.19 bits per heavy atom. The number of hydrogen-bond acceptors (Lipinski definition) is 2. The van der Waals surface area contributed by atoms with Crippen molar-refractivity contribution < 1.29 is 13.6 Å². The molecule has 0 unspecified atom stereocenters. The Balaban J connectivity index is 2.77. The fourth-order valence-corrected chi connectivity index (χ4v) is 2.01. The Labute approximate surface area is 105 Å². The molecule has 0 N–H and O–H groups in total. The van der Waals surface area contributed by atoms with Crippen LogP contribution in [0.3, 0.4) is 0 Å². The van der Waals surface area contributed by atoms with Gasteiger partial charge in [-0.05, 0) is 22.0 Å². The molecule has 5 heteroatoms. The normalized spacial score (nSPS) is 11.0. The highest BCUT2D eigenvalue weighted by molar-refractivity contribution is 9.10. The zero-order chi connectivity index (χ0) is 12.1. The van der Waals surface area contributed by atoms with Crippen molar-refractivity contribution in [3.05, 3.63) is 39.9 Å². The first-order valence-corrected chi connectivity index (χ1v) is 6.23. The topological polar surface area (TPSA) is 17.1 Å². The molecule has 0 spiro atoms. The highest BCUT2D eigenvalue weighted by Gasteiger charge is 2.06. The number of thioether (sulfide) groups is 1. The third kappa shape index (κ3) is 4.06. The zero-order valence-electron chi connectivity index (χ0n) is 8.47. The molecule has 1 nitrogen and oxygen atoms in total. The Morgan fingerprint density at radius 3 is 2.75 bits per heavy atom. The van der Waals surface area contributed by atoms with Gasteiger partial charge in [-0.15, -0.1) is 0 Å². The molecule has 0 fully saturated rings. The molecule has 1 rings (SSSR count). The van der Waals surface area contributed by atoms with E-state index in [1.165, 1.54) is 19.1 Å². The van der Waals surface area contributed by atoms with Crippen LogP contribution in [0.2, 0.25) is 0 Å². The summed E-state index contributed by atoms with van der Waals surface area (Å²) in [6.07, 6.45) is 3.18. The molecule has 0 aliphatic heterocycles. The second-order valence-corrected chi connectivity index (χ2v) is 5.04. The summed E-state index contributed by atoms with van der Waals surface area (Å²) in [5.41, 5.74) is 0.283. The number of carbonyl (C=O) groups excluding carboxylic acids is 1. The maximum absolute atomic E-state index is 13.3. The summed E-state index contributed by atoms with van der Waals surface area (Å²) in [6, 6.07) is 2.02. The molecular weight excluding hydrogens is 298 g/mol. The number of rotatable bonds is 3. The van der Waals surface area contributed by atoms with Gasteiger partial charge in [0.05, 0.1) is 0 Å². The maximum Gasteiger partial charge on any atom is 0.186 e. The van der Waals surface area contributed by atoms with Crippen LogP contribution in [-0.4, -0.2) is 10.9 Å². The van der Waals surface area contributed by atoms with Gasteiger partial charge in [-0.25, -0.2) is 8.78 Å². The third-order valence-electron chi connectivity index (χ3n) is 1.71. The average Bonchev–Trinajstić information content (AvgIpc) is 2.14. The number of halogens is 3. The number of carbonyl (C=O) groups is 1. The largest absolute Gasteiger partial charge is 0.288 e. The molecular formula is C11H9BrF2OS. The summed E-state index contributed by atoms with van der Waals surface area (Å²) in [5.74, 6) is -0.783. The first kappa shape index (κ1) is 13.4. The molecule has 0 saturated carbocycles. The van der Waals surface area contributed by atoms with E-state index in [9.17, 15) is 13.6 Å². The van der Waals surface area contributed by atoms with Crippen molar-refractivity contribution in [3.8, 4) is 0 Å². The predicted molar refractivity (Wildman–Crippen MR) is 66.2 cm³/mol. The molecule has 0 atom stereocenters. The Kier molecular flexibility index (Phi) is 5.15. The molecule has 0 amide bonds. The fourth-order valence-electron chi connectivity index (χ4n) is 1.04. The molecule has 0 radical (unpaired) electrons. The molecule has 0 aromatic heterocycles. The lowest BCUT2D eigenvalue weighted by molar-refractivity contribution is -0.109. The SMILES string of the molecule is CC(=O)SCC=Cc1c(F)cc(F)cc1Br. The van der Waals surface area contributed by atoms with Gasteiger partial charge >= 0.3 is 0 Å². The maximum atomic E-state index is 13.3. The van der Waals surface area contributed by atoms with E-state index >= 15 is 0 Å². The van der Waals surface area contributed by atoms with Crippen molar-refractivity contribution in [2.75, 3.05) is 5.75 Å². The van der Waals surface area contributed by atoms with E-state index in [2.05, 4.69) is 15.9 Å². The Morgan fingerprint density at radius 1 is 1.50 bits per heavy atom. The van der Waals surface area contributed by atoms with Gasteiger partial charge in [0.2, 0.25) is 0 Å². The molecule has 0 saturated heterocycles. The van der Waals surface area contributed by atoms with Gasteiger partial charge in [0.25, 0.3) is 0 Å². The minimum absolute atomic E-state index is 0.00305. The van der Waals surface area contributed by atoms with Crippen LogP contribution in [0.4, 0.5) is 8.78 Å². The van der Waals surface area contributed by atoms with Crippen LogP contribution in [0.5, 0.6) is 0 Å². The van der Waals surface area contributed by atoms with E-state index in [4.69, 9.17) is 0 Å². The average molecular weight is 307 g/mol. The van der Waals surface area contributed by atoms with Crippen LogP contribution in [0.15, 0.2) is 22.7 Å².